The van der Waals surface area contributed by atoms with Crippen LogP contribution >= 0.6 is 22.6 Å². The third kappa shape index (κ3) is 4.94. The van der Waals surface area contributed by atoms with E-state index in [0.29, 0.717) is 37.9 Å². The van der Waals surface area contributed by atoms with Gasteiger partial charge in [-0.25, -0.2) is 4.98 Å². The van der Waals surface area contributed by atoms with Gasteiger partial charge in [-0.3, -0.25) is 14.5 Å². The number of aromatic nitrogens is 1. The summed E-state index contributed by atoms with van der Waals surface area (Å²) in [4.78, 5) is 29.3. The van der Waals surface area contributed by atoms with Gasteiger partial charge in [0.05, 0.1) is 9.74 Å². The molecule has 1 aromatic rings. The Labute approximate surface area is 159 Å². The zero-order valence-corrected chi connectivity index (χ0v) is 16.0. The molecule has 2 aliphatic rings. The second-order valence-corrected chi connectivity index (χ2v) is 7.36. The highest BCUT2D eigenvalue weighted by Crippen LogP contribution is 2.30. The molecular formula is C16H20IN3O5. The standard InChI is InChI=1S/C16H20IN3O5/c1-10(21)18-7-15(22)25-12-6-14(17)20(9-12)8-11-2-3-13-16(19-11)24-5-4-23-13/h2-3,12,14H,4-9H2,1H3,(H,18,21)/t12-,14-/m1/s1. The lowest BCUT2D eigenvalue weighted by Crippen LogP contribution is -2.32. The minimum atomic E-state index is -0.414. The summed E-state index contributed by atoms with van der Waals surface area (Å²) in [6.07, 6.45) is 0.567. The number of nitrogens with zero attached hydrogens (tertiary/aromatic N) is 2. The lowest BCUT2D eigenvalue weighted by molar-refractivity contribution is -0.148. The molecule has 0 bridgehead atoms. The van der Waals surface area contributed by atoms with Crippen LogP contribution in [0.5, 0.6) is 11.6 Å². The summed E-state index contributed by atoms with van der Waals surface area (Å²) in [5, 5.41) is 2.45. The summed E-state index contributed by atoms with van der Waals surface area (Å²) in [6, 6.07) is 3.80. The number of esters is 1. The maximum atomic E-state index is 11.7. The van der Waals surface area contributed by atoms with Gasteiger partial charge in [-0.2, -0.15) is 0 Å². The normalized spacial score (nSPS) is 22.5. The Balaban J connectivity index is 1.53. The molecule has 1 fully saturated rings. The minimum absolute atomic E-state index is 0.0958. The zero-order valence-electron chi connectivity index (χ0n) is 13.9. The first-order valence-electron chi connectivity index (χ1n) is 8.09. The number of pyridine rings is 1. The van der Waals surface area contributed by atoms with Crippen LogP contribution in [-0.4, -0.2) is 58.2 Å². The van der Waals surface area contributed by atoms with Crippen LogP contribution in [0.25, 0.3) is 0 Å². The van der Waals surface area contributed by atoms with Crippen molar-refractivity contribution in [2.75, 3.05) is 26.3 Å². The number of likely N-dealkylation sites (tertiary alicyclic amines) is 1. The molecule has 2 atom stereocenters. The number of hydrogen-bond acceptors (Lipinski definition) is 7. The highest BCUT2D eigenvalue weighted by atomic mass is 127. The van der Waals surface area contributed by atoms with E-state index in [1.54, 1.807) is 0 Å². The number of rotatable bonds is 5. The van der Waals surface area contributed by atoms with Gasteiger partial charge in [-0.1, -0.05) is 22.6 Å². The van der Waals surface area contributed by atoms with E-state index in [-0.39, 0.29) is 22.6 Å². The van der Waals surface area contributed by atoms with Crippen LogP contribution in [0.3, 0.4) is 0 Å². The van der Waals surface area contributed by atoms with E-state index < -0.39 is 5.97 Å². The summed E-state index contributed by atoms with van der Waals surface area (Å²) in [5.41, 5.74) is 0.885. The maximum Gasteiger partial charge on any atom is 0.325 e. The van der Waals surface area contributed by atoms with E-state index in [1.165, 1.54) is 6.92 Å². The van der Waals surface area contributed by atoms with Crippen molar-refractivity contribution in [1.82, 2.24) is 15.2 Å². The molecule has 1 amide bonds. The summed E-state index contributed by atoms with van der Waals surface area (Å²) >= 11 is 2.34. The van der Waals surface area contributed by atoms with E-state index in [9.17, 15) is 9.59 Å². The second kappa shape index (κ2) is 8.17. The molecule has 1 N–H and O–H groups in total. The van der Waals surface area contributed by atoms with Gasteiger partial charge in [0, 0.05) is 26.4 Å². The van der Waals surface area contributed by atoms with Gasteiger partial charge in [-0.05, 0) is 12.1 Å². The van der Waals surface area contributed by atoms with Crippen molar-refractivity contribution in [2.45, 2.75) is 30.0 Å². The van der Waals surface area contributed by atoms with Crippen LogP contribution in [0.1, 0.15) is 19.0 Å². The van der Waals surface area contributed by atoms with Gasteiger partial charge in [-0.15, -0.1) is 0 Å². The summed E-state index contributed by atoms with van der Waals surface area (Å²) in [7, 11) is 0. The molecule has 2 aliphatic heterocycles. The number of carbonyl (C=O) groups is 2. The largest absolute Gasteiger partial charge is 0.484 e. The van der Waals surface area contributed by atoms with Gasteiger partial charge in [0.25, 0.3) is 5.88 Å². The SMILES string of the molecule is CC(=O)NCC(=O)O[C@@H]1C[C@H](I)N(Cc2ccc3c(n2)OCCO3)C1. The lowest BCUT2D eigenvalue weighted by Gasteiger charge is -2.21. The van der Waals surface area contributed by atoms with Gasteiger partial charge in [0.2, 0.25) is 5.91 Å². The molecule has 9 heteroatoms. The fourth-order valence-electron chi connectivity index (χ4n) is 2.75. The molecule has 1 saturated heterocycles. The molecule has 0 aromatic carbocycles. The van der Waals surface area contributed by atoms with Crippen molar-refractivity contribution in [2.24, 2.45) is 0 Å². The highest BCUT2D eigenvalue weighted by Gasteiger charge is 2.33. The van der Waals surface area contributed by atoms with Crippen LogP contribution in [0.2, 0.25) is 0 Å². The van der Waals surface area contributed by atoms with Crippen molar-refractivity contribution in [3.63, 3.8) is 0 Å². The van der Waals surface area contributed by atoms with Crippen LogP contribution in [0.4, 0.5) is 0 Å². The van der Waals surface area contributed by atoms with Crippen molar-refractivity contribution < 1.29 is 23.8 Å². The average Bonchev–Trinajstić information content (AvgIpc) is 2.92. The quantitative estimate of drug-likeness (QED) is 0.301. The Kier molecular flexibility index (Phi) is 5.94. The molecule has 25 heavy (non-hydrogen) atoms. The topological polar surface area (TPSA) is 90.0 Å². The molecule has 0 radical (unpaired) electrons. The van der Waals surface area contributed by atoms with E-state index >= 15 is 0 Å². The molecule has 1 aromatic heterocycles. The van der Waals surface area contributed by atoms with Gasteiger partial charge in [0.1, 0.15) is 25.9 Å². The molecule has 3 heterocycles. The summed E-state index contributed by atoms with van der Waals surface area (Å²) in [6.45, 7) is 3.60. The molecule has 0 saturated carbocycles. The lowest BCUT2D eigenvalue weighted by atomic mass is 10.3. The van der Waals surface area contributed by atoms with E-state index in [2.05, 4.69) is 37.8 Å². The van der Waals surface area contributed by atoms with Crippen LogP contribution in [0.15, 0.2) is 12.1 Å². The van der Waals surface area contributed by atoms with E-state index in [4.69, 9.17) is 14.2 Å². The molecule has 0 unspecified atom stereocenters. The Hall–Kier alpha value is -1.62. The Bertz CT molecular complexity index is 657. The predicted octanol–water partition coefficient (Wildman–Crippen LogP) is 0.867. The number of alkyl halides is 1. The fraction of sp³-hybridized carbons (Fsp3) is 0.562. The Morgan fingerprint density at radius 3 is 3.00 bits per heavy atom. The van der Waals surface area contributed by atoms with Crippen molar-refractivity contribution in [1.29, 1.82) is 0 Å². The minimum Gasteiger partial charge on any atom is -0.484 e. The maximum absolute atomic E-state index is 11.7. The van der Waals surface area contributed by atoms with Crippen LogP contribution in [0, 0.1) is 0 Å². The number of nitrogens with one attached hydrogen (secondary N) is 1. The summed E-state index contributed by atoms with van der Waals surface area (Å²) < 4.78 is 16.7. The number of ether oxygens (including phenoxy) is 3. The van der Waals surface area contributed by atoms with E-state index in [0.717, 1.165) is 12.1 Å². The first-order chi connectivity index (χ1) is 12.0. The molecule has 8 nitrogen and oxygen atoms in total. The van der Waals surface area contributed by atoms with Crippen LogP contribution < -0.4 is 14.8 Å². The van der Waals surface area contributed by atoms with Gasteiger partial charge < -0.3 is 19.5 Å². The Morgan fingerprint density at radius 2 is 2.20 bits per heavy atom. The molecule has 136 valence electrons. The van der Waals surface area contributed by atoms with Crippen LogP contribution in [-0.2, 0) is 20.9 Å². The van der Waals surface area contributed by atoms with Crippen molar-refractivity contribution >= 4 is 34.5 Å². The zero-order chi connectivity index (χ0) is 17.8. The molecule has 0 aliphatic carbocycles. The molecular weight excluding hydrogens is 441 g/mol. The smallest absolute Gasteiger partial charge is 0.325 e. The van der Waals surface area contributed by atoms with Crippen molar-refractivity contribution in [3.05, 3.63) is 17.8 Å². The average molecular weight is 461 g/mol. The monoisotopic (exact) mass is 461 g/mol. The van der Waals surface area contributed by atoms with Crippen molar-refractivity contribution in [3.8, 4) is 11.6 Å². The number of halogens is 1. The third-order valence-corrected chi connectivity index (χ3v) is 5.20. The Morgan fingerprint density at radius 1 is 1.40 bits per heavy atom. The molecule has 0 spiro atoms. The number of amides is 1. The third-order valence-electron chi connectivity index (χ3n) is 3.90. The van der Waals surface area contributed by atoms with E-state index in [1.807, 2.05) is 12.1 Å². The first kappa shape index (κ1) is 18.2. The number of carbonyl (C=O) groups excluding carboxylic acids is 2. The van der Waals surface area contributed by atoms with Gasteiger partial charge >= 0.3 is 5.97 Å². The number of fused-ring (bicyclic) bond motifs is 1. The highest BCUT2D eigenvalue weighted by molar-refractivity contribution is 14.1. The summed E-state index contributed by atoms with van der Waals surface area (Å²) in [5.74, 6) is 0.544. The predicted molar refractivity (Wildman–Crippen MR) is 96.6 cm³/mol. The molecule has 3 rings (SSSR count). The second-order valence-electron chi connectivity index (χ2n) is 5.92. The van der Waals surface area contributed by atoms with Gasteiger partial charge in [0.15, 0.2) is 5.75 Å². The fourth-order valence-corrected chi connectivity index (χ4v) is 3.75. The number of hydrogen-bond donors (Lipinski definition) is 1. The first-order valence-corrected chi connectivity index (χ1v) is 9.33.